The summed E-state index contributed by atoms with van der Waals surface area (Å²) < 4.78 is 14.2. The summed E-state index contributed by atoms with van der Waals surface area (Å²) in [5, 5.41) is 19.3. The molecular weight excluding hydrogens is 339 g/mol. The molecule has 1 saturated heterocycles. The van der Waals surface area contributed by atoms with Gasteiger partial charge in [-0.25, -0.2) is 14.2 Å². The first-order valence-corrected chi connectivity index (χ1v) is 7.81. The lowest BCUT2D eigenvalue weighted by molar-refractivity contribution is -0.137. The van der Waals surface area contributed by atoms with E-state index in [4.69, 9.17) is 5.11 Å². The Labute approximate surface area is 148 Å². The maximum Gasteiger partial charge on any atom is 0.354 e. The van der Waals surface area contributed by atoms with Crippen LogP contribution in [0.15, 0.2) is 36.4 Å². The lowest BCUT2D eigenvalue weighted by atomic mass is 10.0. The monoisotopic (exact) mass is 354 g/mol. The normalized spacial score (nSPS) is 19.2. The molecule has 0 spiro atoms. The molecule has 2 N–H and O–H groups in total. The third-order valence-electron chi connectivity index (χ3n) is 4.13. The van der Waals surface area contributed by atoms with E-state index >= 15 is 0 Å². The number of halogens is 1. The topological polar surface area (TPSA) is 90.7 Å². The van der Waals surface area contributed by atoms with Crippen LogP contribution >= 0.6 is 0 Å². The maximum absolute atomic E-state index is 14.2. The molecule has 0 aliphatic carbocycles. The highest BCUT2D eigenvalue weighted by Crippen LogP contribution is 2.24. The van der Waals surface area contributed by atoms with Gasteiger partial charge < -0.3 is 15.1 Å². The predicted octanol–water partition coefficient (Wildman–Crippen LogP) is 1.53. The third kappa shape index (κ3) is 3.27. The third-order valence-corrected chi connectivity index (χ3v) is 4.13. The zero-order valence-corrected chi connectivity index (χ0v) is 13.9. The Morgan fingerprint density at radius 3 is 2.77 bits per heavy atom. The summed E-state index contributed by atoms with van der Waals surface area (Å²) in [6, 6.07) is 8.28. The molecule has 1 atom stereocenters. The summed E-state index contributed by atoms with van der Waals surface area (Å²) in [5.41, 5.74) is -1.33. The number of carboxylic acids is 1. The Bertz CT molecular complexity index is 963. The van der Waals surface area contributed by atoms with E-state index < -0.39 is 23.3 Å². The van der Waals surface area contributed by atoms with Crippen molar-refractivity contribution in [3.8, 4) is 23.1 Å². The van der Waals surface area contributed by atoms with Crippen molar-refractivity contribution in [2.45, 2.75) is 12.0 Å². The van der Waals surface area contributed by atoms with Crippen LogP contribution in [0.1, 0.15) is 22.5 Å². The molecule has 132 valence electrons. The number of benzene rings is 1. The summed E-state index contributed by atoms with van der Waals surface area (Å²) in [7, 11) is 1.58. The Balaban J connectivity index is 1.97. The molecule has 1 aliphatic heterocycles. The number of hydrogen-bond acceptors (Lipinski definition) is 4. The molecule has 6 nitrogen and oxygen atoms in total. The van der Waals surface area contributed by atoms with E-state index in [0.29, 0.717) is 12.1 Å². The zero-order valence-electron chi connectivity index (χ0n) is 13.9. The smallest absolute Gasteiger partial charge is 0.354 e. The second-order valence-electron chi connectivity index (χ2n) is 5.99. The van der Waals surface area contributed by atoms with E-state index in [2.05, 4.69) is 16.8 Å². The molecule has 2 aromatic rings. The number of pyridine rings is 1. The molecule has 0 radical (unpaired) electrons. The molecule has 0 bridgehead atoms. The van der Waals surface area contributed by atoms with Gasteiger partial charge in [-0.3, -0.25) is 4.79 Å². The van der Waals surface area contributed by atoms with Gasteiger partial charge in [-0.05, 0) is 30.3 Å². The van der Waals surface area contributed by atoms with Gasteiger partial charge in [0.1, 0.15) is 11.5 Å². The van der Waals surface area contributed by atoms with Crippen LogP contribution in [0.5, 0.6) is 0 Å². The van der Waals surface area contributed by atoms with Crippen LogP contribution in [-0.4, -0.2) is 51.2 Å². The molecule has 1 fully saturated rings. The highest BCUT2D eigenvalue weighted by molar-refractivity contribution is 5.90. The van der Waals surface area contributed by atoms with Gasteiger partial charge in [-0.2, -0.15) is 0 Å². The van der Waals surface area contributed by atoms with E-state index in [0.717, 1.165) is 0 Å². The van der Waals surface area contributed by atoms with E-state index in [1.165, 1.54) is 41.3 Å². The molecule has 1 aliphatic rings. The zero-order chi connectivity index (χ0) is 18.9. The fourth-order valence-corrected chi connectivity index (χ4v) is 2.65. The van der Waals surface area contributed by atoms with Crippen molar-refractivity contribution in [1.82, 2.24) is 9.88 Å². The van der Waals surface area contributed by atoms with Crippen molar-refractivity contribution in [2.75, 3.05) is 13.6 Å². The van der Waals surface area contributed by atoms with Crippen molar-refractivity contribution >= 4 is 11.9 Å². The maximum atomic E-state index is 14.2. The molecule has 1 aromatic heterocycles. The van der Waals surface area contributed by atoms with Crippen LogP contribution in [0.4, 0.5) is 4.39 Å². The summed E-state index contributed by atoms with van der Waals surface area (Å²) in [4.78, 5) is 28.3. The molecule has 1 aromatic carbocycles. The van der Waals surface area contributed by atoms with Gasteiger partial charge in [0.2, 0.25) is 5.60 Å². The van der Waals surface area contributed by atoms with Gasteiger partial charge in [-0.1, -0.05) is 17.9 Å². The number of aliphatic hydroxyl groups is 1. The number of likely N-dealkylation sites (tertiary alicyclic amines) is 1. The van der Waals surface area contributed by atoms with E-state index in [9.17, 15) is 19.1 Å². The SMILES string of the molecule is CN1CC[C@@](O)(C#Cc2ccc(F)c(-c3cccc(C(=O)O)n3)c2)C1=O. The van der Waals surface area contributed by atoms with Crippen LogP contribution in [0.25, 0.3) is 11.3 Å². The molecule has 0 unspecified atom stereocenters. The van der Waals surface area contributed by atoms with E-state index in [1.54, 1.807) is 7.05 Å². The number of aromatic carboxylic acids is 1. The molecule has 2 heterocycles. The van der Waals surface area contributed by atoms with Gasteiger partial charge in [0.25, 0.3) is 5.91 Å². The fraction of sp³-hybridized carbons (Fsp3) is 0.211. The average Bonchev–Trinajstić information content (AvgIpc) is 2.89. The summed E-state index contributed by atoms with van der Waals surface area (Å²) in [6.07, 6.45) is 0.200. The molecule has 7 heteroatoms. The van der Waals surface area contributed by atoms with Crippen LogP contribution < -0.4 is 0 Å². The van der Waals surface area contributed by atoms with Crippen LogP contribution in [0.3, 0.4) is 0 Å². The number of hydrogen-bond donors (Lipinski definition) is 2. The number of carbonyl (C=O) groups is 2. The number of nitrogens with zero attached hydrogens (tertiary/aromatic N) is 2. The second kappa shape index (κ2) is 6.58. The van der Waals surface area contributed by atoms with Gasteiger partial charge in [0.05, 0.1) is 5.69 Å². The van der Waals surface area contributed by atoms with Crippen molar-refractivity contribution in [3.05, 3.63) is 53.5 Å². The number of amides is 1. The largest absolute Gasteiger partial charge is 0.477 e. The minimum atomic E-state index is -1.75. The summed E-state index contributed by atoms with van der Waals surface area (Å²) in [6.45, 7) is 0.407. The Hall–Kier alpha value is -3.24. The van der Waals surface area contributed by atoms with E-state index in [1.807, 2.05) is 0 Å². The van der Waals surface area contributed by atoms with Crippen molar-refractivity contribution in [1.29, 1.82) is 0 Å². The highest BCUT2D eigenvalue weighted by Gasteiger charge is 2.42. The molecule has 0 saturated carbocycles. The highest BCUT2D eigenvalue weighted by atomic mass is 19.1. The average molecular weight is 354 g/mol. The van der Waals surface area contributed by atoms with Crippen LogP contribution in [0.2, 0.25) is 0 Å². The van der Waals surface area contributed by atoms with Gasteiger partial charge >= 0.3 is 5.97 Å². The molecule has 1 amide bonds. The second-order valence-corrected chi connectivity index (χ2v) is 5.99. The van der Waals surface area contributed by atoms with Crippen molar-refractivity contribution < 1.29 is 24.2 Å². The number of aromatic nitrogens is 1. The number of carboxylic acid groups (broad SMARTS) is 1. The first kappa shape index (κ1) is 17.6. The number of carbonyl (C=O) groups excluding carboxylic acids is 1. The van der Waals surface area contributed by atoms with Gasteiger partial charge in [0.15, 0.2) is 0 Å². The quantitative estimate of drug-likeness (QED) is 0.798. The molecule has 3 rings (SSSR count). The Kier molecular flexibility index (Phi) is 4.45. The first-order chi connectivity index (χ1) is 12.3. The minimum absolute atomic E-state index is 0.0850. The molecular formula is C19H15FN2O4. The van der Waals surface area contributed by atoms with Crippen molar-refractivity contribution in [3.63, 3.8) is 0 Å². The summed E-state index contributed by atoms with van der Waals surface area (Å²) in [5.74, 6) is 2.99. The molecule has 26 heavy (non-hydrogen) atoms. The fourth-order valence-electron chi connectivity index (χ4n) is 2.65. The summed E-state index contributed by atoms with van der Waals surface area (Å²) >= 11 is 0. The Morgan fingerprint density at radius 1 is 1.35 bits per heavy atom. The van der Waals surface area contributed by atoms with E-state index in [-0.39, 0.29) is 23.4 Å². The number of rotatable bonds is 2. The first-order valence-electron chi connectivity index (χ1n) is 7.81. The number of likely N-dealkylation sites (N-methyl/N-ethyl adjacent to an activating group) is 1. The lowest BCUT2D eigenvalue weighted by Crippen LogP contribution is -2.37. The minimum Gasteiger partial charge on any atom is -0.477 e. The van der Waals surface area contributed by atoms with Crippen LogP contribution in [-0.2, 0) is 4.79 Å². The predicted molar refractivity (Wildman–Crippen MR) is 90.7 cm³/mol. The van der Waals surface area contributed by atoms with Gasteiger partial charge in [-0.15, -0.1) is 0 Å². The van der Waals surface area contributed by atoms with Gasteiger partial charge in [0, 0.05) is 31.1 Å². The lowest BCUT2D eigenvalue weighted by Gasteiger charge is -2.13. The Morgan fingerprint density at radius 2 is 2.12 bits per heavy atom. The van der Waals surface area contributed by atoms with Crippen molar-refractivity contribution in [2.24, 2.45) is 0 Å². The standard InChI is InChI=1S/C19H15FN2O4/c1-22-10-9-19(26,18(22)25)8-7-12-5-6-14(20)13(11-12)15-3-2-4-16(21-15)17(23)24/h2-6,11,26H,9-10H2,1H3,(H,23,24)/t19-/m0/s1. The van der Waals surface area contributed by atoms with Crippen LogP contribution in [0, 0.1) is 17.7 Å².